The summed E-state index contributed by atoms with van der Waals surface area (Å²) in [4.78, 5) is 33.5. The molecule has 0 aromatic heterocycles. The van der Waals surface area contributed by atoms with Gasteiger partial charge in [-0.3, -0.25) is 4.79 Å². The standard InChI is InChI=1S/C21H20N2O.C2H2O4/c24-21(16-6-2-1-3-7-16)19-10-11-20(23-14-12-22-13-15-23)18-9-5-4-8-17(18)19;3-1(4)2(5)6/h1-11,22H,12-15H2;(H,3,4)(H,5,6). The number of benzene rings is 3. The summed E-state index contributed by atoms with van der Waals surface area (Å²) in [6.07, 6.45) is 0. The minimum atomic E-state index is -1.82. The van der Waals surface area contributed by atoms with E-state index in [0.29, 0.717) is 0 Å². The lowest BCUT2D eigenvalue weighted by Crippen LogP contribution is -2.43. The van der Waals surface area contributed by atoms with Crippen LogP contribution in [0.2, 0.25) is 0 Å². The van der Waals surface area contributed by atoms with E-state index in [0.717, 1.165) is 48.1 Å². The highest BCUT2D eigenvalue weighted by Gasteiger charge is 2.17. The van der Waals surface area contributed by atoms with E-state index in [-0.39, 0.29) is 5.78 Å². The first-order valence-electron chi connectivity index (χ1n) is 9.52. The second-order valence-electron chi connectivity index (χ2n) is 6.72. The molecule has 7 nitrogen and oxygen atoms in total. The molecular formula is C23H22N2O5. The van der Waals surface area contributed by atoms with Gasteiger partial charge in [0.25, 0.3) is 0 Å². The highest BCUT2D eigenvalue weighted by atomic mass is 16.4. The molecule has 0 saturated carbocycles. The smallest absolute Gasteiger partial charge is 0.414 e. The number of hydrogen-bond acceptors (Lipinski definition) is 5. The molecule has 0 amide bonds. The molecule has 1 aliphatic heterocycles. The van der Waals surface area contributed by atoms with Crippen LogP contribution in [0.3, 0.4) is 0 Å². The third kappa shape index (κ3) is 4.82. The fraction of sp³-hybridized carbons (Fsp3) is 0.174. The van der Waals surface area contributed by atoms with Crippen molar-refractivity contribution in [3.8, 4) is 0 Å². The largest absolute Gasteiger partial charge is 0.473 e. The maximum absolute atomic E-state index is 12.9. The number of fused-ring (bicyclic) bond motifs is 1. The molecule has 0 radical (unpaired) electrons. The topological polar surface area (TPSA) is 107 Å². The second kappa shape index (κ2) is 9.67. The van der Waals surface area contributed by atoms with Gasteiger partial charge in [-0.15, -0.1) is 0 Å². The molecule has 154 valence electrons. The summed E-state index contributed by atoms with van der Waals surface area (Å²) in [6.45, 7) is 3.99. The molecule has 0 bridgehead atoms. The van der Waals surface area contributed by atoms with Crippen molar-refractivity contribution in [2.45, 2.75) is 0 Å². The molecule has 3 aromatic carbocycles. The van der Waals surface area contributed by atoms with E-state index in [1.54, 1.807) is 0 Å². The lowest BCUT2D eigenvalue weighted by Gasteiger charge is -2.30. The van der Waals surface area contributed by atoms with Crippen molar-refractivity contribution in [3.63, 3.8) is 0 Å². The molecule has 1 fully saturated rings. The predicted molar refractivity (Wildman–Crippen MR) is 114 cm³/mol. The van der Waals surface area contributed by atoms with Crippen LogP contribution >= 0.6 is 0 Å². The maximum atomic E-state index is 12.9. The third-order valence-electron chi connectivity index (χ3n) is 4.82. The number of anilines is 1. The first-order chi connectivity index (χ1) is 14.5. The number of carboxylic acids is 2. The molecule has 30 heavy (non-hydrogen) atoms. The number of carboxylic acid groups (broad SMARTS) is 2. The second-order valence-corrected chi connectivity index (χ2v) is 6.72. The third-order valence-corrected chi connectivity index (χ3v) is 4.82. The van der Waals surface area contributed by atoms with Gasteiger partial charge in [0.15, 0.2) is 5.78 Å². The SMILES string of the molecule is O=C(O)C(=O)O.O=C(c1ccccc1)c1ccc(N2CCNCC2)c2ccccc12. The van der Waals surface area contributed by atoms with Crippen LogP contribution in [0.15, 0.2) is 66.7 Å². The molecule has 3 N–H and O–H groups in total. The summed E-state index contributed by atoms with van der Waals surface area (Å²) >= 11 is 0. The van der Waals surface area contributed by atoms with Crippen LogP contribution in [-0.2, 0) is 9.59 Å². The van der Waals surface area contributed by atoms with Gasteiger partial charge >= 0.3 is 11.9 Å². The highest BCUT2D eigenvalue weighted by Crippen LogP contribution is 2.31. The Morgan fingerprint density at radius 3 is 1.90 bits per heavy atom. The average molecular weight is 406 g/mol. The number of carbonyl (C=O) groups excluding carboxylic acids is 1. The molecular weight excluding hydrogens is 384 g/mol. The van der Waals surface area contributed by atoms with E-state index in [2.05, 4.69) is 28.4 Å². The summed E-state index contributed by atoms with van der Waals surface area (Å²) in [5.41, 5.74) is 2.73. The minimum Gasteiger partial charge on any atom is -0.473 e. The summed E-state index contributed by atoms with van der Waals surface area (Å²) in [5, 5.41) is 20.4. The number of hydrogen-bond donors (Lipinski definition) is 3. The predicted octanol–water partition coefficient (Wildman–Crippen LogP) is 2.64. The van der Waals surface area contributed by atoms with Crippen LogP contribution in [0.4, 0.5) is 5.69 Å². The number of carbonyl (C=O) groups is 3. The Bertz CT molecular complexity index is 1050. The van der Waals surface area contributed by atoms with Crippen molar-refractivity contribution in [3.05, 3.63) is 77.9 Å². The molecule has 0 spiro atoms. The zero-order chi connectivity index (χ0) is 21.5. The molecule has 3 aromatic rings. The van der Waals surface area contributed by atoms with E-state index >= 15 is 0 Å². The number of nitrogens with zero attached hydrogens (tertiary/aromatic N) is 1. The summed E-state index contributed by atoms with van der Waals surface area (Å²) in [5.74, 6) is -3.57. The number of aliphatic carboxylic acids is 2. The van der Waals surface area contributed by atoms with Crippen molar-refractivity contribution in [1.29, 1.82) is 0 Å². The number of piperazine rings is 1. The van der Waals surface area contributed by atoms with Crippen LogP contribution < -0.4 is 10.2 Å². The quantitative estimate of drug-likeness (QED) is 0.453. The first kappa shape index (κ1) is 21.0. The van der Waals surface area contributed by atoms with E-state index < -0.39 is 11.9 Å². The Labute approximate surface area is 173 Å². The van der Waals surface area contributed by atoms with Gasteiger partial charge in [-0.2, -0.15) is 0 Å². The molecule has 0 atom stereocenters. The van der Waals surface area contributed by atoms with Crippen LogP contribution in [0.1, 0.15) is 15.9 Å². The van der Waals surface area contributed by atoms with Crippen LogP contribution in [0, 0.1) is 0 Å². The van der Waals surface area contributed by atoms with Crippen molar-refractivity contribution in [1.82, 2.24) is 5.32 Å². The van der Waals surface area contributed by atoms with Gasteiger partial charge in [-0.05, 0) is 17.5 Å². The van der Waals surface area contributed by atoms with Gasteiger partial charge in [0.2, 0.25) is 0 Å². The van der Waals surface area contributed by atoms with Crippen molar-refractivity contribution in [2.75, 3.05) is 31.1 Å². The summed E-state index contributed by atoms with van der Waals surface area (Å²) < 4.78 is 0. The fourth-order valence-electron chi connectivity index (χ4n) is 3.41. The molecule has 1 saturated heterocycles. The molecule has 1 aliphatic rings. The van der Waals surface area contributed by atoms with Gasteiger partial charge in [0, 0.05) is 48.4 Å². The normalized spacial score (nSPS) is 13.3. The van der Waals surface area contributed by atoms with Gasteiger partial charge in [0.1, 0.15) is 0 Å². The van der Waals surface area contributed by atoms with Crippen molar-refractivity contribution in [2.24, 2.45) is 0 Å². The van der Waals surface area contributed by atoms with E-state index in [9.17, 15) is 4.79 Å². The number of ketones is 1. The zero-order valence-corrected chi connectivity index (χ0v) is 16.2. The van der Waals surface area contributed by atoms with Gasteiger partial charge in [0.05, 0.1) is 0 Å². The Morgan fingerprint density at radius 1 is 0.733 bits per heavy atom. The summed E-state index contributed by atoms with van der Waals surface area (Å²) in [6, 6.07) is 21.8. The minimum absolute atomic E-state index is 0.0821. The van der Waals surface area contributed by atoms with E-state index in [4.69, 9.17) is 19.8 Å². The molecule has 1 heterocycles. The van der Waals surface area contributed by atoms with Crippen LogP contribution in [0.25, 0.3) is 10.8 Å². The van der Waals surface area contributed by atoms with Gasteiger partial charge in [-0.25, -0.2) is 9.59 Å². The highest BCUT2D eigenvalue weighted by molar-refractivity contribution is 6.27. The van der Waals surface area contributed by atoms with E-state index in [1.165, 1.54) is 5.69 Å². The van der Waals surface area contributed by atoms with Gasteiger partial charge < -0.3 is 20.4 Å². The fourth-order valence-corrected chi connectivity index (χ4v) is 3.41. The Hall–Kier alpha value is -3.71. The Kier molecular flexibility index (Phi) is 6.77. The monoisotopic (exact) mass is 406 g/mol. The number of nitrogens with one attached hydrogen (secondary N) is 1. The summed E-state index contributed by atoms with van der Waals surface area (Å²) in [7, 11) is 0. The van der Waals surface area contributed by atoms with Crippen molar-refractivity contribution >= 4 is 34.2 Å². The lowest BCUT2D eigenvalue weighted by molar-refractivity contribution is -0.159. The Balaban J connectivity index is 0.000000377. The zero-order valence-electron chi connectivity index (χ0n) is 16.2. The van der Waals surface area contributed by atoms with Crippen molar-refractivity contribution < 1.29 is 24.6 Å². The van der Waals surface area contributed by atoms with E-state index in [1.807, 2.05) is 48.5 Å². The molecule has 4 rings (SSSR count). The average Bonchev–Trinajstić information content (AvgIpc) is 2.79. The molecule has 0 aliphatic carbocycles. The molecule has 7 heteroatoms. The number of rotatable bonds is 3. The van der Waals surface area contributed by atoms with Crippen LogP contribution in [0.5, 0.6) is 0 Å². The Morgan fingerprint density at radius 2 is 1.30 bits per heavy atom. The molecule has 0 unspecified atom stereocenters. The van der Waals surface area contributed by atoms with Gasteiger partial charge in [-0.1, -0.05) is 54.6 Å². The maximum Gasteiger partial charge on any atom is 0.414 e. The lowest BCUT2D eigenvalue weighted by atomic mass is 9.96. The first-order valence-corrected chi connectivity index (χ1v) is 9.52. The van der Waals surface area contributed by atoms with Crippen LogP contribution in [-0.4, -0.2) is 54.1 Å².